The Morgan fingerprint density at radius 1 is 0.313 bits per heavy atom. The van der Waals surface area contributed by atoms with E-state index in [9.17, 15) is 14.4 Å². The van der Waals surface area contributed by atoms with Gasteiger partial charge in [-0.15, -0.1) is 0 Å². The molecule has 382 valence electrons. The van der Waals surface area contributed by atoms with Crippen molar-refractivity contribution in [3.05, 3.63) is 97.2 Å². The molecule has 0 aromatic carbocycles. The molecule has 0 bridgehead atoms. The minimum Gasteiger partial charge on any atom is -0.462 e. The van der Waals surface area contributed by atoms with Gasteiger partial charge in [0, 0.05) is 19.3 Å². The average molecular weight is 931 g/mol. The molecule has 0 aromatic rings. The van der Waals surface area contributed by atoms with Crippen LogP contribution in [0.15, 0.2) is 97.2 Å². The first-order valence-corrected chi connectivity index (χ1v) is 27.7. The Bertz CT molecular complexity index is 1350. The number of carbonyl (C=O) groups excluding carboxylic acids is 3. The quantitative estimate of drug-likeness (QED) is 0.0262. The van der Waals surface area contributed by atoms with Crippen LogP contribution in [0.25, 0.3) is 0 Å². The lowest BCUT2D eigenvalue weighted by molar-refractivity contribution is -0.167. The molecule has 0 aliphatic rings. The Morgan fingerprint density at radius 3 is 0.985 bits per heavy atom. The number of hydrogen-bond acceptors (Lipinski definition) is 6. The highest BCUT2D eigenvalue weighted by molar-refractivity contribution is 5.71. The van der Waals surface area contributed by atoms with Crippen molar-refractivity contribution in [2.24, 2.45) is 0 Å². The Balaban J connectivity index is 4.46. The van der Waals surface area contributed by atoms with Gasteiger partial charge in [-0.05, 0) is 96.3 Å². The van der Waals surface area contributed by atoms with E-state index < -0.39 is 6.10 Å². The second-order valence-electron chi connectivity index (χ2n) is 18.1. The maximum Gasteiger partial charge on any atom is 0.306 e. The van der Waals surface area contributed by atoms with Crippen LogP contribution in [0.4, 0.5) is 0 Å². The van der Waals surface area contributed by atoms with Crippen molar-refractivity contribution < 1.29 is 28.6 Å². The molecule has 0 fully saturated rings. The Hall–Kier alpha value is -3.67. The van der Waals surface area contributed by atoms with Gasteiger partial charge in [-0.3, -0.25) is 14.4 Å². The summed E-state index contributed by atoms with van der Waals surface area (Å²) < 4.78 is 16.8. The van der Waals surface area contributed by atoms with E-state index in [0.29, 0.717) is 19.3 Å². The fourth-order valence-corrected chi connectivity index (χ4v) is 7.43. The molecule has 0 N–H and O–H groups in total. The van der Waals surface area contributed by atoms with Gasteiger partial charge >= 0.3 is 17.9 Å². The number of esters is 3. The van der Waals surface area contributed by atoms with E-state index in [-0.39, 0.29) is 37.5 Å². The zero-order valence-corrected chi connectivity index (χ0v) is 43.6. The molecule has 6 heteroatoms. The van der Waals surface area contributed by atoms with Gasteiger partial charge in [0.15, 0.2) is 6.10 Å². The van der Waals surface area contributed by atoms with Crippen LogP contribution in [-0.4, -0.2) is 37.2 Å². The van der Waals surface area contributed by atoms with Gasteiger partial charge in [-0.2, -0.15) is 0 Å². The third kappa shape index (κ3) is 53.2. The van der Waals surface area contributed by atoms with Crippen molar-refractivity contribution in [1.82, 2.24) is 0 Å². The number of ether oxygens (including phenoxy) is 3. The van der Waals surface area contributed by atoms with Gasteiger partial charge in [0.1, 0.15) is 13.2 Å². The molecule has 0 amide bonds. The first kappa shape index (κ1) is 63.3. The van der Waals surface area contributed by atoms with Crippen molar-refractivity contribution in [2.75, 3.05) is 13.2 Å². The van der Waals surface area contributed by atoms with E-state index in [1.165, 1.54) is 103 Å². The zero-order valence-electron chi connectivity index (χ0n) is 43.6. The van der Waals surface area contributed by atoms with Crippen LogP contribution in [0.5, 0.6) is 0 Å². The normalized spacial score (nSPS) is 12.8. The van der Waals surface area contributed by atoms with Crippen LogP contribution >= 0.6 is 0 Å². The van der Waals surface area contributed by atoms with E-state index in [4.69, 9.17) is 14.2 Å². The van der Waals surface area contributed by atoms with Gasteiger partial charge in [-0.25, -0.2) is 0 Å². The van der Waals surface area contributed by atoms with Gasteiger partial charge < -0.3 is 14.2 Å². The minimum absolute atomic E-state index is 0.0975. The SMILES string of the molecule is CC/C=C\C/C=C\C/C=C\C/C=C\C/C=C\C/C=C\C/C=C\CCCC(=O)OCC(COC(=O)CCCCCCCCCCCCCC)OC(=O)CCCCCCC/C=C\CCCCCCC. The van der Waals surface area contributed by atoms with Crippen LogP contribution < -0.4 is 0 Å². The summed E-state index contributed by atoms with van der Waals surface area (Å²) in [6.07, 6.45) is 72.6. The predicted octanol–water partition coefficient (Wildman–Crippen LogP) is 18.5. The average Bonchev–Trinajstić information content (AvgIpc) is 3.33. The molecular weight excluding hydrogens is 829 g/mol. The lowest BCUT2D eigenvalue weighted by Gasteiger charge is -2.18. The first-order chi connectivity index (χ1) is 33.0. The molecular formula is C61H102O6. The van der Waals surface area contributed by atoms with E-state index in [0.717, 1.165) is 103 Å². The summed E-state index contributed by atoms with van der Waals surface area (Å²) in [5, 5.41) is 0. The predicted molar refractivity (Wildman–Crippen MR) is 288 cm³/mol. The summed E-state index contributed by atoms with van der Waals surface area (Å²) in [4.78, 5) is 38.0. The van der Waals surface area contributed by atoms with Crippen molar-refractivity contribution in [1.29, 1.82) is 0 Å². The Labute approximate surface area is 413 Å². The maximum atomic E-state index is 12.8. The molecule has 0 heterocycles. The number of carbonyl (C=O) groups is 3. The van der Waals surface area contributed by atoms with E-state index in [1.807, 2.05) is 0 Å². The molecule has 0 spiro atoms. The van der Waals surface area contributed by atoms with Gasteiger partial charge in [0.05, 0.1) is 0 Å². The Morgan fingerprint density at radius 2 is 0.597 bits per heavy atom. The second-order valence-corrected chi connectivity index (χ2v) is 18.1. The molecule has 0 saturated carbocycles. The highest BCUT2D eigenvalue weighted by Gasteiger charge is 2.19. The summed E-state index contributed by atoms with van der Waals surface area (Å²) >= 11 is 0. The fraction of sp³-hybridized carbons (Fsp3) is 0.689. The Kier molecular flexibility index (Phi) is 51.9. The fourth-order valence-electron chi connectivity index (χ4n) is 7.43. The molecule has 0 saturated heterocycles. The largest absolute Gasteiger partial charge is 0.462 e. The summed E-state index contributed by atoms with van der Waals surface area (Å²) in [7, 11) is 0. The monoisotopic (exact) mass is 931 g/mol. The van der Waals surface area contributed by atoms with E-state index in [1.54, 1.807) is 0 Å². The molecule has 0 rings (SSSR count). The summed E-state index contributed by atoms with van der Waals surface area (Å²) in [6, 6.07) is 0. The van der Waals surface area contributed by atoms with E-state index >= 15 is 0 Å². The molecule has 0 aromatic heterocycles. The molecule has 67 heavy (non-hydrogen) atoms. The van der Waals surface area contributed by atoms with Gasteiger partial charge in [0.2, 0.25) is 0 Å². The summed E-state index contributed by atoms with van der Waals surface area (Å²) in [5.41, 5.74) is 0. The van der Waals surface area contributed by atoms with Gasteiger partial charge in [0.25, 0.3) is 0 Å². The molecule has 1 atom stereocenters. The lowest BCUT2D eigenvalue weighted by atomic mass is 10.0. The van der Waals surface area contributed by atoms with Crippen LogP contribution in [-0.2, 0) is 28.6 Å². The third-order valence-corrected chi connectivity index (χ3v) is 11.6. The molecule has 6 nitrogen and oxygen atoms in total. The summed E-state index contributed by atoms with van der Waals surface area (Å²) in [5.74, 6) is -0.968. The third-order valence-electron chi connectivity index (χ3n) is 11.6. The van der Waals surface area contributed by atoms with Crippen molar-refractivity contribution in [3.8, 4) is 0 Å². The highest BCUT2D eigenvalue weighted by atomic mass is 16.6. The summed E-state index contributed by atoms with van der Waals surface area (Å²) in [6.45, 7) is 6.46. The number of hydrogen-bond donors (Lipinski definition) is 0. The van der Waals surface area contributed by atoms with Crippen molar-refractivity contribution >= 4 is 17.9 Å². The topological polar surface area (TPSA) is 78.9 Å². The molecule has 0 radical (unpaired) electrons. The lowest BCUT2D eigenvalue weighted by Crippen LogP contribution is -2.30. The molecule has 0 aliphatic carbocycles. The van der Waals surface area contributed by atoms with Crippen molar-refractivity contribution in [2.45, 2.75) is 258 Å². The highest BCUT2D eigenvalue weighted by Crippen LogP contribution is 2.14. The number of rotatable bonds is 49. The van der Waals surface area contributed by atoms with Crippen LogP contribution in [0.3, 0.4) is 0 Å². The minimum atomic E-state index is -0.804. The molecule has 1 unspecified atom stereocenters. The number of allylic oxidation sites excluding steroid dienone is 16. The maximum absolute atomic E-state index is 12.8. The van der Waals surface area contributed by atoms with Gasteiger partial charge in [-0.1, -0.05) is 234 Å². The zero-order chi connectivity index (χ0) is 48.6. The second kappa shape index (κ2) is 54.9. The van der Waals surface area contributed by atoms with Crippen LogP contribution in [0, 0.1) is 0 Å². The van der Waals surface area contributed by atoms with Crippen LogP contribution in [0.2, 0.25) is 0 Å². The van der Waals surface area contributed by atoms with Crippen molar-refractivity contribution in [3.63, 3.8) is 0 Å². The van der Waals surface area contributed by atoms with E-state index in [2.05, 4.69) is 118 Å². The standard InChI is InChI=1S/C61H102O6/c1-4-7-10-13-16-19-22-25-27-28-29-30-31-32-33-34-35-37-39-42-45-48-51-54-60(63)66-57-58(56-65-59(62)53-50-47-44-41-38-24-21-18-15-12-9-6-3)67-61(64)55-52-49-46-43-40-36-26-23-20-17-14-11-8-5-2/h7,10,16,19,23,25-27,29-30,32-33,35,37,42,45,58H,4-6,8-9,11-15,17-18,20-22,24,28,31,34,36,38-41,43-44,46-57H2,1-3H3/b10-7-,19-16-,26-23-,27-25-,30-29-,33-32-,37-35-,45-42-. The number of unbranched alkanes of at least 4 members (excludes halogenated alkanes) is 22. The van der Waals surface area contributed by atoms with Crippen LogP contribution in [0.1, 0.15) is 252 Å². The first-order valence-electron chi connectivity index (χ1n) is 27.7. The molecule has 0 aliphatic heterocycles. The smallest absolute Gasteiger partial charge is 0.306 e.